The average Bonchev–Trinajstić information content (AvgIpc) is 3.83. The maximum Gasteiger partial charge on any atom is 0.306 e. The molecule has 2 aliphatic heterocycles. The maximum atomic E-state index is 11.9. The van der Waals surface area contributed by atoms with Crippen LogP contribution >= 0.6 is 0 Å². The number of hydrogen-bond acceptors (Lipinski definition) is 5. The van der Waals surface area contributed by atoms with Crippen molar-refractivity contribution in [1.82, 2.24) is 9.88 Å². The van der Waals surface area contributed by atoms with E-state index in [1.165, 1.54) is 36.0 Å². The Morgan fingerprint density at radius 1 is 1.07 bits per heavy atom. The number of aryl methyl sites for hydroxylation is 1. The molecule has 2 aromatic carbocycles. The second-order valence-corrected chi connectivity index (χ2v) is 12.3. The van der Waals surface area contributed by atoms with Gasteiger partial charge in [0.25, 0.3) is 0 Å². The summed E-state index contributed by atoms with van der Waals surface area (Å²) < 4.78 is 12.2. The molecule has 2 unspecified atom stereocenters. The zero-order valence-corrected chi connectivity index (χ0v) is 24.5. The van der Waals surface area contributed by atoms with Crippen LogP contribution in [0.4, 0.5) is 0 Å². The molecule has 3 heterocycles. The predicted octanol–water partition coefficient (Wildman–Crippen LogP) is 7.41. The van der Waals surface area contributed by atoms with Gasteiger partial charge in [-0.15, -0.1) is 0 Å². The Balaban J connectivity index is 1.32. The highest BCUT2D eigenvalue weighted by Crippen LogP contribution is 2.48. The van der Waals surface area contributed by atoms with E-state index in [9.17, 15) is 9.90 Å². The molecule has 1 aliphatic carbocycles. The van der Waals surface area contributed by atoms with Gasteiger partial charge in [-0.25, -0.2) is 4.98 Å². The number of piperidine rings is 1. The smallest absolute Gasteiger partial charge is 0.306 e. The number of rotatable bonds is 9. The zero-order valence-electron chi connectivity index (χ0n) is 24.5. The number of nitrogens with zero attached hydrogens (tertiary/aromatic N) is 2. The van der Waals surface area contributed by atoms with Gasteiger partial charge < -0.3 is 14.6 Å². The molecule has 3 aliphatic rings. The van der Waals surface area contributed by atoms with Gasteiger partial charge in [0.05, 0.1) is 13.0 Å². The van der Waals surface area contributed by atoms with Crippen LogP contribution in [0.2, 0.25) is 0 Å². The summed E-state index contributed by atoms with van der Waals surface area (Å²) in [6.45, 7) is 6.22. The highest BCUT2D eigenvalue weighted by molar-refractivity contribution is 5.71. The Morgan fingerprint density at radius 2 is 1.90 bits per heavy atom. The molecule has 3 aromatic rings. The molecule has 1 N–H and O–H groups in total. The summed E-state index contributed by atoms with van der Waals surface area (Å²) in [6.07, 6.45) is 9.64. The molecule has 1 saturated carbocycles. The SMILES string of the molecule is COc1cc(-c2ccc(C3CCc4ccc(C(C5CC5)[C@H](C)C(=O)O)cc4O3)c(CN3CCCC[C@H]3C)c2)ccn1. The number of carboxylic acid groups (broad SMARTS) is 1. The summed E-state index contributed by atoms with van der Waals surface area (Å²) in [5, 5.41) is 9.79. The van der Waals surface area contributed by atoms with Gasteiger partial charge in [-0.05, 0) is 115 Å². The van der Waals surface area contributed by atoms with E-state index in [4.69, 9.17) is 9.47 Å². The molecule has 41 heavy (non-hydrogen) atoms. The number of fused-ring (bicyclic) bond motifs is 1. The first kappa shape index (κ1) is 27.8. The topological polar surface area (TPSA) is 71.9 Å². The second kappa shape index (κ2) is 11.8. The fourth-order valence-electron chi connectivity index (χ4n) is 6.94. The van der Waals surface area contributed by atoms with Gasteiger partial charge in [0.1, 0.15) is 11.9 Å². The molecule has 6 rings (SSSR count). The Bertz CT molecular complexity index is 1400. The van der Waals surface area contributed by atoms with E-state index < -0.39 is 11.9 Å². The van der Waals surface area contributed by atoms with Crippen molar-refractivity contribution >= 4 is 5.97 Å². The highest BCUT2D eigenvalue weighted by Gasteiger charge is 2.39. The summed E-state index contributed by atoms with van der Waals surface area (Å²) in [4.78, 5) is 18.8. The first-order chi connectivity index (χ1) is 19.9. The summed E-state index contributed by atoms with van der Waals surface area (Å²) in [5.41, 5.74) is 7.13. The molecule has 2 fully saturated rings. The third-order valence-corrected chi connectivity index (χ3v) is 9.56. The van der Waals surface area contributed by atoms with Crippen LogP contribution in [0.3, 0.4) is 0 Å². The lowest BCUT2D eigenvalue weighted by Crippen LogP contribution is -2.37. The van der Waals surface area contributed by atoms with Gasteiger partial charge in [0, 0.05) is 24.8 Å². The van der Waals surface area contributed by atoms with Crippen LogP contribution in [0.5, 0.6) is 11.6 Å². The number of ether oxygens (including phenoxy) is 2. The van der Waals surface area contributed by atoms with Crippen molar-refractivity contribution in [1.29, 1.82) is 0 Å². The third kappa shape index (κ3) is 5.99. The number of carbonyl (C=O) groups is 1. The summed E-state index contributed by atoms with van der Waals surface area (Å²) in [7, 11) is 1.65. The number of carboxylic acids is 1. The lowest BCUT2D eigenvalue weighted by Gasteiger charge is -2.35. The maximum absolute atomic E-state index is 11.9. The van der Waals surface area contributed by atoms with E-state index in [0.717, 1.165) is 61.2 Å². The molecule has 0 bridgehead atoms. The molecule has 216 valence electrons. The van der Waals surface area contributed by atoms with E-state index in [0.29, 0.717) is 17.8 Å². The van der Waals surface area contributed by atoms with Gasteiger partial charge in [-0.2, -0.15) is 0 Å². The van der Waals surface area contributed by atoms with Crippen molar-refractivity contribution in [2.45, 2.75) is 83.4 Å². The normalized spacial score (nSPS) is 22.3. The highest BCUT2D eigenvalue weighted by atomic mass is 16.5. The number of pyridine rings is 1. The van der Waals surface area contributed by atoms with Crippen LogP contribution in [0, 0.1) is 11.8 Å². The molecule has 0 radical (unpaired) electrons. The van der Waals surface area contributed by atoms with Gasteiger partial charge in [-0.3, -0.25) is 9.69 Å². The van der Waals surface area contributed by atoms with Crippen LogP contribution in [-0.2, 0) is 17.8 Å². The van der Waals surface area contributed by atoms with Crippen molar-refractivity contribution in [3.8, 4) is 22.8 Å². The van der Waals surface area contributed by atoms with Crippen molar-refractivity contribution < 1.29 is 19.4 Å². The number of aliphatic carboxylic acids is 1. The van der Waals surface area contributed by atoms with E-state index in [1.54, 1.807) is 13.3 Å². The van der Waals surface area contributed by atoms with Crippen LogP contribution in [0.1, 0.15) is 86.6 Å². The van der Waals surface area contributed by atoms with Crippen molar-refractivity contribution in [2.24, 2.45) is 11.8 Å². The monoisotopic (exact) mass is 554 g/mol. The number of methoxy groups -OCH3 is 1. The molecule has 6 nitrogen and oxygen atoms in total. The second-order valence-electron chi connectivity index (χ2n) is 12.3. The molecular formula is C35H42N2O4. The van der Waals surface area contributed by atoms with Crippen LogP contribution in [0.25, 0.3) is 11.1 Å². The fraction of sp³-hybridized carbons (Fsp3) is 0.486. The molecular weight excluding hydrogens is 512 g/mol. The Hall–Kier alpha value is -3.38. The minimum absolute atomic E-state index is 0.0366. The van der Waals surface area contributed by atoms with Gasteiger partial charge in [0.2, 0.25) is 5.88 Å². The molecule has 6 heteroatoms. The van der Waals surface area contributed by atoms with E-state index in [2.05, 4.69) is 53.2 Å². The van der Waals surface area contributed by atoms with E-state index in [-0.39, 0.29) is 12.0 Å². The quantitative estimate of drug-likeness (QED) is 0.297. The lowest BCUT2D eigenvalue weighted by molar-refractivity contribution is -0.142. The minimum atomic E-state index is -0.720. The fourth-order valence-corrected chi connectivity index (χ4v) is 6.94. The Morgan fingerprint density at radius 3 is 2.66 bits per heavy atom. The summed E-state index contributed by atoms with van der Waals surface area (Å²) in [5.74, 6) is 0.898. The zero-order chi connectivity index (χ0) is 28.5. The minimum Gasteiger partial charge on any atom is -0.485 e. The van der Waals surface area contributed by atoms with Gasteiger partial charge in [-0.1, -0.05) is 37.6 Å². The first-order valence-corrected chi connectivity index (χ1v) is 15.3. The van der Waals surface area contributed by atoms with Crippen LogP contribution < -0.4 is 9.47 Å². The lowest BCUT2D eigenvalue weighted by atomic mass is 9.82. The Labute approximate surface area is 243 Å². The van der Waals surface area contributed by atoms with Crippen molar-refractivity contribution in [2.75, 3.05) is 13.7 Å². The summed E-state index contributed by atoms with van der Waals surface area (Å²) >= 11 is 0. The number of benzene rings is 2. The molecule has 0 amide bonds. The van der Waals surface area contributed by atoms with E-state index in [1.807, 2.05) is 19.1 Å². The molecule has 4 atom stereocenters. The molecule has 1 saturated heterocycles. The van der Waals surface area contributed by atoms with Crippen LogP contribution in [-0.4, -0.2) is 40.7 Å². The third-order valence-electron chi connectivity index (χ3n) is 9.56. The Kier molecular flexibility index (Phi) is 8.03. The van der Waals surface area contributed by atoms with Crippen molar-refractivity contribution in [3.05, 3.63) is 77.0 Å². The van der Waals surface area contributed by atoms with E-state index >= 15 is 0 Å². The van der Waals surface area contributed by atoms with Crippen molar-refractivity contribution in [3.63, 3.8) is 0 Å². The largest absolute Gasteiger partial charge is 0.485 e. The standard InChI is InChI=1S/C35H42N2O4/c1-22-6-4-5-17-37(22)21-29-18-26(27-15-16-36-33(20-27)40-3)11-13-30(29)31-14-12-24-7-10-28(19-32(24)41-31)34(25-8-9-25)23(2)35(38)39/h7,10-11,13,15-16,18-20,22-23,25,31,34H,4-6,8-9,12,14,17,21H2,1-3H3,(H,38,39)/t22-,23+,31?,34?/m1/s1. The molecule has 1 aromatic heterocycles. The summed E-state index contributed by atoms with van der Waals surface area (Å²) in [6, 6.07) is 17.8. The molecule has 0 spiro atoms. The number of likely N-dealkylation sites (tertiary alicyclic amines) is 1. The number of aromatic nitrogens is 1. The number of hydrogen-bond donors (Lipinski definition) is 1. The predicted molar refractivity (Wildman–Crippen MR) is 160 cm³/mol. The first-order valence-electron chi connectivity index (χ1n) is 15.3. The van der Waals surface area contributed by atoms with Gasteiger partial charge >= 0.3 is 5.97 Å². The van der Waals surface area contributed by atoms with Crippen LogP contribution in [0.15, 0.2) is 54.7 Å². The van der Waals surface area contributed by atoms with Gasteiger partial charge in [0.15, 0.2) is 0 Å². The average molecular weight is 555 g/mol.